The Balaban J connectivity index is 2.14. The fourth-order valence-electron chi connectivity index (χ4n) is 2.53. The number of rotatable bonds is 5. The van der Waals surface area contributed by atoms with E-state index in [1.165, 1.54) is 4.57 Å². The summed E-state index contributed by atoms with van der Waals surface area (Å²) in [7, 11) is 3.93. The number of fused-ring (bicyclic) bond motifs is 1. The highest BCUT2D eigenvalue weighted by atomic mass is 19.4. The van der Waals surface area contributed by atoms with Gasteiger partial charge in [-0.15, -0.1) is 0 Å². The summed E-state index contributed by atoms with van der Waals surface area (Å²) in [6, 6.07) is 0. The van der Waals surface area contributed by atoms with E-state index in [0.717, 1.165) is 25.1 Å². The molecule has 1 aromatic rings. The molecule has 2 heterocycles. The lowest BCUT2D eigenvalue weighted by Crippen LogP contribution is -2.25. The minimum atomic E-state index is -4.38. The molecule has 0 atom stereocenters. The third-order valence-corrected chi connectivity index (χ3v) is 3.48. The number of nitrogens with one attached hydrogen (secondary N) is 1. The summed E-state index contributed by atoms with van der Waals surface area (Å²) in [6.45, 7) is 2.43. The zero-order valence-corrected chi connectivity index (χ0v) is 11.9. The highest BCUT2D eigenvalue weighted by Gasteiger charge is 2.38. The first-order valence-corrected chi connectivity index (χ1v) is 6.90. The Labute approximate surface area is 117 Å². The molecule has 7 heteroatoms. The second kappa shape index (κ2) is 6.13. The Kier molecular flexibility index (Phi) is 4.70. The SMILES string of the molecule is CN(C)CCCCn1c(C(F)(F)F)nc2c1CCNC2. The summed E-state index contributed by atoms with van der Waals surface area (Å²) in [5.74, 6) is -0.740. The summed E-state index contributed by atoms with van der Waals surface area (Å²) in [5, 5.41) is 3.07. The molecule has 4 nitrogen and oxygen atoms in total. The molecule has 0 unspecified atom stereocenters. The van der Waals surface area contributed by atoms with Crippen LogP contribution in [0.4, 0.5) is 13.2 Å². The van der Waals surface area contributed by atoms with Crippen LogP contribution in [0.15, 0.2) is 0 Å². The summed E-state index contributed by atoms with van der Waals surface area (Å²) >= 11 is 0. The van der Waals surface area contributed by atoms with Crippen molar-refractivity contribution < 1.29 is 13.2 Å². The van der Waals surface area contributed by atoms with Crippen LogP contribution in [0.25, 0.3) is 0 Å². The van der Waals surface area contributed by atoms with Crippen molar-refractivity contribution in [1.82, 2.24) is 19.8 Å². The van der Waals surface area contributed by atoms with Crippen molar-refractivity contribution in [3.63, 3.8) is 0 Å². The van der Waals surface area contributed by atoms with Gasteiger partial charge in [0.15, 0.2) is 0 Å². The number of nitrogens with zero attached hydrogens (tertiary/aromatic N) is 3. The smallest absolute Gasteiger partial charge is 0.324 e. The standard InChI is InChI=1S/C13H21F3N4/c1-19(2)7-3-4-8-20-11-5-6-17-9-10(11)18-12(20)13(14,15)16/h17H,3-9H2,1-2H3. The van der Waals surface area contributed by atoms with Crippen molar-refractivity contribution in [1.29, 1.82) is 0 Å². The van der Waals surface area contributed by atoms with Gasteiger partial charge in [-0.25, -0.2) is 4.98 Å². The third kappa shape index (κ3) is 3.52. The van der Waals surface area contributed by atoms with Crippen molar-refractivity contribution >= 4 is 0 Å². The number of hydrogen-bond acceptors (Lipinski definition) is 3. The molecule has 0 saturated heterocycles. The minimum Gasteiger partial charge on any atom is -0.324 e. The van der Waals surface area contributed by atoms with Crippen LogP contribution in [-0.2, 0) is 25.7 Å². The van der Waals surface area contributed by atoms with Crippen LogP contribution in [0.1, 0.15) is 30.1 Å². The first kappa shape index (κ1) is 15.3. The maximum atomic E-state index is 13.1. The van der Waals surface area contributed by atoms with Gasteiger partial charge in [-0.05, 0) is 33.5 Å². The van der Waals surface area contributed by atoms with Gasteiger partial charge in [-0.1, -0.05) is 0 Å². The van der Waals surface area contributed by atoms with E-state index in [1.54, 1.807) is 0 Å². The van der Waals surface area contributed by atoms with Crippen LogP contribution in [-0.4, -0.2) is 41.6 Å². The molecule has 1 aromatic heterocycles. The lowest BCUT2D eigenvalue weighted by atomic mass is 10.2. The third-order valence-electron chi connectivity index (χ3n) is 3.48. The fourth-order valence-corrected chi connectivity index (χ4v) is 2.53. The van der Waals surface area contributed by atoms with Gasteiger partial charge in [0.2, 0.25) is 5.82 Å². The van der Waals surface area contributed by atoms with Gasteiger partial charge in [0.1, 0.15) is 0 Å². The van der Waals surface area contributed by atoms with Gasteiger partial charge < -0.3 is 14.8 Å². The normalized spacial score (nSPS) is 15.7. The average Bonchev–Trinajstić information content (AvgIpc) is 2.73. The highest BCUT2D eigenvalue weighted by molar-refractivity contribution is 5.21. The predicted octanol–water partition coefficient (Wildman–Crippen LogP) is 1.89. The molecule has 0 saturated carbocycles. The number of hydrogen-bond donors (Lipinski definition) is 1. The van der Waals surface area contributed by atoms with Crippen molar-refractivity contribution in [3.8, 4) is 0 Å². The molecule has 0 bridgehead atoms. The Morgan fingerprint density at radius 1 is 1.30 bits per heavy atom. The number of aromatic nitrogens is 2. The zero-order valence-electron chi connectivity index (χ0n) is 11.9. The summed E-state index contributed by atoms with van der Waals surface area (Å²) in [5.41, 5.74) is 1.30. The van der Waals surface area contributed by atoms with Crippen molar-refractivity contribution in [2.24, 2.45) is 0 Å². The summed E-state index contributed by atoms with van der Waals surface area (Å²) in [6.07, 6.45) is -2.14. The second-order valence-electron chi connectivity index (χ2n) is 5.42. The number of unbranched alkanes of at least 4 members (excludes halogenated alkanes) is 1. The molecule has 0 aliphatic carbocycles. The van der Waals surface area contributed by atoms with Crippen LogP contribution >= 0.6 is 0 Å². The molecule has 0 aromatic carbocycles. The van der Waals surface area contributed by atoms with Crippen molar-refractivity contribution in [2.75, 3.05) is 27.2 Å². The van der Waals surface area contributed by atoms with Crippen molar-refractivity contribution in [3.05, 3.63) is 17.2 Å². The second-order valence-corrected chi connectivity index (χ2v) is 5.42. The molecule has 0 amide bonds. The minimum absolute atomic E-state index is 0.394. The molecular formula is C13H21F3N4. The van der Waals surface area contributed by atoms with Gasteiger partial charge in [0, 0.05) is 31.7 Å². The van der Waals surface area contributed by atoms with E-state index < -0.39 is 12.0 Å². The Hall–Kier alpha value is -1.08. The average molecular weight is 290 g/mol. The maximum absolute atomic E-state index is 13.1. The zero-order chi connectivity index (χ0) is 14.8. The highest BCUT2D eigenvalue weighted by Crippen LogP contribution is 2.31. The first-order chi connectivity index (χ1) is 9.39. The summed E-state index contributed by atoms with van der Waals surface area (Å²) in [4.78, 5) is 5.84. The summed E-state index contributed by atoms with van der Waals surface area (Å²) < 4.78 is 40.6. The quantitative estimate of drug-likeness (QED) is 0.841. The van der Waals surface area contributed by atoms with E-state index in [0.29, 0.717) is 31.7 Å². The molecule has 0 radical (unpaired) electrons. The predicted molar refractivity (Wildman–Crippen MR) is 70.4 cm³/mol. The molecule has 0 spiro atoms. The number of imidazole rings is 1. The van der Waals surface area contributed by atoms with Crippen molar-refractivity contribution in [2.45, 2.75) is 38.5 Å². The molecule has 0 fully saturated rings. The first-order valence-electron chi connectivity index (χ1n) is 6.90. The van der Waals surface area contributed by atoms with Crippen LogP contribution in [0.2, 0.25) is 0 Å². The van der Waals surface area contributed by atoms with E-state index in [-0.39, 0.29) is 0 Å². The maximum Gasteiger partial charge on any atom is 0.449 e. The largest absolute Gasteiger partial charge is 0.449 e. The Morgan fingerprint density at radius 3 is 2.70 bits per heavy atom. The molecule has 1 aliphatic heterocycles. The van der Waals surface area contributed by atoms with Crippen LogP contribution in [0.5, 0.6) is 0 Å². The Bertz CT molecular complexity index is 451. The monoisotopic (exact) mass is 290 g/mol. The molecule has 114 valence electrons. The molecule has 2 rings (SSSR count). The molecule has 1 N–H and O–H groups in total. The molecule has 20 heavy (non-hydrogen) atoms. The fraction of sp³-hybridized carbons (Fsp3) is 0.769. The Morgan fingerprint density at radius 2 is 2.05 bits per heavy atom. The topological polar surface area (TPSA) is 33.1 Å². The molecule has 1 aliphatic rings. The lowest BCUT2D eigenvalue weighted by molar-refractivity contribution is -0.147. The van der Waals surface area contributed by atoms with Crippen LogP contribution in [0.3, 0.4) is 0 Å². The molecular weight excluding hydrogens is 269 g/mol. The van der Waals surface area contributed by atoms with Gasteiger partial charge >= 0.3 is 6.18 Å². The van der Waals surface area contributed by atoms with Gasteiger partial charge in [0.25, 0.3) is 0 Å². The van der Waals surface area contributed by atoms with Gasteiger partial charge in [-0.3, -0.25) is 0 Å². The van der Waals surface area contributed by atoms with Gasteiger partial charge in [0.05, 0.1) is 5.69 Å². The van der Waals surface area contributed by atoms with Crippen LogP contribution in [0, 0.1) is 0 Å². The van der Waals surface area contributed by atoms with E-state index in [1.807, 2.05) is 19.0 Å². The van der Waals surface area contributed by atoms with E-state index in [2.05, 4.69) is 10.3 Å². The number of halogens is 3. The van der Waals surface area contributed by atoms with E-state index in [9.17, 15) is 13.2 Å². The van der Waals surface area contributed by atoms with E-state index >= 15 is 0 Å². The number of alkyl halides is 3. The van der Waals surface area contributed by atoms with Gasteiger partial charge in [-0.2, -0.15) is 13.2 Å². The van der Waals surface area contributed by atoms with Crippen LogP contribution < -0.4 is 5.32 Å². The van der Waals surface area contributed by atoms with E-state index in [4.69, 9.17) is 0 Å². The lowest BCUT2D eigenvalue weighted by Gasteiger charge is -2.17.